The second-order valence-electron chi connectivity index (χ2n) is 5.26. The van der Waals surface area contributed by atoms with Gasteiger partial charge in [0.05, 0.1) is 5.92 Å². The van der Waals surface area contributed by atoms with Gasteiger partial charge in [-0.15, -0.1) is 0 Å². The lowest BCUT2D eigenvalue weighted by Gasteiger charge is -2.40. The number of fused-ring (bicyclic) bond motifs is 2. The molecule has 3 rings (SSSR count). The van der Waals surface area contributed by atoms with Crippen LogP contribution >= 0.6 is 0 Å². The van der Waals surface area contributed by atoms with Crippen LogP contribution in [-0.4, -0.2) is 17.6 Å². The lowest BCUT2D eigenvalue weighted by atomic mass is 9.73. The van der Waals surface area contributed by atoms with Crippen molar-refractivity contribution < 1.29 is 9.66 Å². The molecule has 1 aromatic rings. The minimum absolute atomic E-state index is 0.0234. The first kappa shape index (κ1) is 11.5. The van der Waals surface area contributed by atoms with Crippen LogP contribution in [-0.2, 0) is 0 Å². The molecule has 18 heavy (non-hydrogen) atoms. The molecule has 1 aliphatic heterocycles. The molecule has 1 heterocycles. The third kappa shape index (κ3) is 1.96. The zero-order chi connectivity index (χ0) is 12.5. The molecule has 3 atom stereocenters. The van der Waals surface area contributed by atoms with Gasteiger partial charge in [-0.1, -0.05) is 24.6 Å². The molecule has 0 unspecified atom stereocenters. The molecule has 0 saturated heterocycles. The summed E-state index contributed by atoms with van der Waals surface area (Å²) in [5, 5.41) is 10.9. The van der Waals surface area contributed by atoms with Crippen LogP contribution < -0.4 is 4.74 Å². The highest BCUT2D eigenvalue weighted by atomic mass is 16.6. The summed E-state index contributed by atoms with van der Waals surface area (Å²) < 4.78 is 6.03. The van der Waals surface area contributed by atoms with Crippen molar-refractivity contribution >= 4 is 0 Å². The van der Waals surface area contributed by atoms with Gasteiger partial charge in [-0.05, 0) is 25.3 Å². The Morgan fingerprint density at radius 2 is 2.06 bits per heavy atom. The molecule has 0 spiro atoms. The maximum Gasteiger partial charge on any atom is 0.211 e. The average Bonchev–Trinajstić information content (AvgIpc) is 2.38. The first-order valence-corrected chi connectivity index (χ1v) is 6.63. The van der Waals surface area contributed by atoms with Crippen molar-refractivity contribution in [3.05, 3.63) is 39.9 Å². The second-order valence-corrected chi connectivity index (χ2v) is 5.26. The number of hydrogen-bond acceptors (Lipinski definition) is 3. The highest BCUT2D eigenvalue weighted by Crippen LogP contribution is 2.45. The van der Waals surface area contributed by atoms with Crippen molar-refractivity contribution in [3.63, 3.8) is 0 Å². The zero-order valence-corrected chi connectivity index (χ0v) is 10.2. The van der Waals surface area contributed by atoms with Gasteiger partial charge in [-0.25, -0.2) is 0 Å². The van der Waals surface area contributed by atoms with Gasteiger partial charge >= 0.3 is 0 Å². The van der Waals surface area contributed by atoms with Crippen molar-refractivity contribution in [2.75, 3.05) is 6.54 Å². The Hall–Kier alpha value is -1.58. The molecule has 96 valence electrons. The Bertz CT molecular complexity index is 460. The summed E-state index contributed by atoms with van der Waals surface area (Å²) in [5.41, 5.74) is 1.03. The van der Waals surface area contributed by atoms with Gasteiger partial charge in [0.1, 0.15) is 11.9 Å². The van der Waals surface area contributed by atoms with Crippen LogP contribution in [0.5, 0.6) is 5.75 Å². The number of benzene rings is 1. The monoisotopic (exact) mass is 247 g/mol. The fourth-order valence-electron chi connectivity index (χ4n) is 3.41. The van der Waals surface area contributed by atoms with E-state index in [1.54, 1.807) is 0 Å². The first-order valence-electron chi connectivity index (χ1n) is 6.63. The molecule has 4 heteroatoms. The van der Waals surface area contributed by atoms with Crippen molar-refractivity contribution in [2.24, 2.45) is 5.92 Å². The van der Waals surface area contributed by atoms with E-state index in [1.165, 1.54) is 12.8 Å². The van der Waals surface area contributed by atoms with E-state index in [0.29, 0.717) is 5.92 Å². The number of nitro groups is 1. The normalized spacial score (nSPS) is 29.9. The lowest BCUT2D eigenvalue weighted by molar-refractivity contribution is -0.485. The van der Waals surface area contributed by atoms with Gasteiger partial charge in [0.15, 0.2) is 0 Å². The van der Waals surface area contributed by atoms with Crippen LogP contribution in [0.3, 0.4) is 0 Å². The number of ether oxygens (including phenoxy) is 1. The molecule has 0 amide bonds. The van der Waals surface area contributed by atoms with Crippen molar-refractivity contribution in [3.8, 4) is 5.75 Å². The molecule has 0 radical (unpaired) electrons. The van der Waals surface area contributed by atoms with Crippen LogP contribution in [0.4, 0.5) is 0 Å². The Morgan fingerprint density at radius 1 is 1.28 bits per heavy atom. The molecule has 0 N–H and O–H groups in total. The summed E-state index contributed by atoms with van der Waals surface area (Å²) in [4.78, 5) is 10.7. The van der Waals surface area contributed by atoms with E-state index in [-0.39, 0.29) is 23.5 Å². The van der Waals surface area contributed by atoms with E-state index < -0.39 is 0 Å². The number of hydrogen-bond donors (Lipinski definition) is 0. The largest absolute Gasteiger partial charge is 0.490 e. The Morgan fingerprint density at radius 3 is 2.89 bits per heavy atom. The fraction of sp³-hybridized carbons (Fsp3) is 0.571. The minimum atomic E-state index is -0.182. The molecular formula is C14H17NO3. The molecule has 4 nitrogen and oxygen atoms in total. The van der Waals surface area contributed by atoms with Crippen LogP contribution in [0.25, 0.3) is 0 Å². The molecule has 1 aromatic carbocycles. The SMILES string of the molecule is O=[N+]([O-])C[C@H]1c2ccccc2O[C@H]2CCCC[C@H]21. The summed E-state index contributed by atoms with van der Waals surface area (Å²) in [5.74, 6) is 1.20. The second kappa shape index (κ2) is 4.59. The predicted octanol–water partition coefficient (Wildman–Crippen LogP) is 3.00. The van der Waals surface area contributed by atoms with Crippen molar-refractivity contribution in [2.45, 2.75) is 37.7 Å². The average molecular weight is 247 g/mol. The minimum Gasteiger partial charge on any atom is -0.490 e. The molecule has 0 bridgehead atoms. The van der Waals surface area contributed by atoms with Gasteiger partial charge in [0.2, 0.25) is 6.54 Å². The van der Waals surface area contributed by atoms with Crippen LogP contribution in [0.1, 0.15) is 37.2 Å². The lowest BCUT2D eigenvalue weighted by Crippen LogP contribution is -2.40. The molecule has 0 aromatic heterocycles. The standard InChI is InChI=1S/C14H17NO3/c16-15(17)9-12-10-5-1-3-7-13(10)18-14-8-4-2-6-11(12)14/h1,3,5,7,11-12,14H,2,4,6,8-9H2/t11-,12-,14-/m0/s1. The molecule has 1 fully saturated rings. The zero-order valence-electron chi connectivity index (χ0n) is 10.2. The number of rotatable bonds is 2. The van der Waals surface area contributed by atoms with Gasteiger partial charge in [-0.2, -0.15) is 0 Å². The molecule has 1 aliphatic carbocycles. The van der Waals surface area contributed by atoms with Crippen molar-refractivity contribution in [1.82, 2.24) is 0 Å². The van der Waals surface area contributed by atoms with E-state index in [1.807, 2.05) is 24.3 Å². The van der Waals surface area contributed by atoms with Crippen molar-refractivity contribution in [1.29, 1.82) is 0 Å². The van der Waals surface area contributed by atoms with E-state index in [9.17, 15) is 10.1 Å². The maximum absolute atomic E-state index is 10.9. The highest BCUT2D eigenvalue weighted by Gasteiger charge is 2.41. The molecule has 2 aliphatic rings. The summed E-state index contributed by atoms with van der Waals surface area (Å²) in [6.07, 6.45) is 4.61. The Balaban J connectivity index is 1.97. The summed E-state index contributed by atoms with van der Waals surface area (Å²) in [6.45, 7) is 0.0293. The number of nitrogens with zero attached hydrogens (tertiary/aromatic N) is 1. The fourth-order valence-corrected chi connectivity index (χ4v) is 3.41. The summed E-state index contributed by atoms with van der Waals surface area (Å²) in [6, 6.07) is 7.80. The molecule has 1 saturated carbocycles. The van der Waals surface area contributed by atoms with E-state index in [4.69, 9.17) is 4.74 Å². The van der Waals surface area contributed by atoms with Gasteiger partial charge in [-0.3, -0.25) is 10.1 Å². The Labute approximate surface area is 106 Å². The predicted molar refractivity (Wildman–Crippen MR) is 67.4 cm³/mol. The topological polar surface area (TPSA) is 52.4 Å². The van der Waals surface area contributed by atoms with Gasteiger partial charge in [0, 0.05) is 16.4 Å². The third-order valence-corrected chi connectivity index (χ3v) is 4.21. The smallest absolute Gasteiger partial charge is 0.211 e. The molecular weight excluding hydrogens is 230 g/mol. The Kier molecular flexibility index (Phi) is 2.94. The van der Waals surface area contributed by atoms with Crippen LogP contribution in [0.15, 0.2) is 24.3 Å². The first-order chi connectivity index (χ1) is 8.75. The van der Waals surface area contributed by atoms with Gasteiger partial charge in [0.25, 0.3) is 0 Å². The summed E-state index contributed by atoms with van der Waals surface area (Å²) in [7, 11) is 0. The van der Waals surface area contributed by atoms with Gasteiger partial charge < -0.3 is 4.74 Å². The van der Waals surface area contributed by atoms with Crippen LogP contribution in [0.2, 0.25) is 0 Å². The third-order valence-electron chi connectivity index (χ3n) is 4.21. The summed E-state index contributed by atoms with van der Waals surface area (Å²) >= 11 is 0. The maximum atomic E-state index is 10.9. The quantitative estimate of drug-likeness (QED) is 0.596. The highest BCUT2D eigenvalue weighted by molar-refractivity contribution is 5.39. The van der Waals surface area contributed by atoms with E-state index in [0.717, 1.165) is 24.2 Å². The van der Waals surface area contributed by atoms with E-state index >= 15 is 0 Å². The van der Waals surface area contributed by atoms with E-state index in [2.05, 4.69) is 0 Å². The van der Waals surface area contributed by atoms with Crippen LogP contribution in [0, 0.1) is 16.0 Å². The number of para-hydroxylation sites is 1.